The summed E-state index contributed by atoms with van der Waals surface area (Å²) in [6.45, 7) is 3.96. The minimum Gasteiger partial charge on any atom is -0.336 e. The Morgan fingerprint density at radius 1 is 1.21 bits per heavy atom. The van der Waals surface area contributed by atoms with Crippen LogP contribution in [0, 0.1) is 0 Å². The van der Waals surface area contributed by atoms with E-state index >= 15 is 0 Å². The highest BCUT2D eigenvalue weighted by atomic mass is 16.2. The van der Waals surface area contributed by atoms with Gasteiger partial charge < -0.3 is 4.90 Å². The fourth-order valence-electron chi connectivity index (χ4n) is 3.14. The largest absolute Gasteiger partial charge is 0.336 e. The van der Waals surface area contributed by atoms with E-state index in [0.29, 0.717) is 24.6 Å². The molecular weight excluding hydrogens is 244 g/mol. The summed E-state index contributed by atoms with van der Waals surface area (Å²) in [6, 6.07) is 0.519. The van der Waals surface area contributed by atoms with Gasteiger partial charge in [-0.05, 0) is 32.4 Å². The van der Waals surface area contributed by atoms with Crippen LogP contribution < -0.4 is 5.43 Å². The van der Waals surface area contributed by atoms with Gasteiger partial charge in [0.1, 0.15) is 5.71 Å². The van der Waals surface area contributed by atoms with Crippen LogP contribution in [0.3, 0.4) is 0 Å². The topological polar surface area (TPSA) is 65.0 Å². The van der Waals surface area contributed by atoms with Crippen LogP contribution in [0.25, 0.3) is 0 Å². The molecule has 0 bridgehead atoms. The Labute approximate surface area is 112 Å². The molecule has 3 rings (SSSR count). The molecule has 0 saturated carbocycles. The molecule has 3 aliphatic heterocycles. The second kappa shape index (κ2) is 5.28. The zero-order valence-corrected chi connectivity index (χ0v) is 11.1. The number of rotatable bonds is 2. The van der Waals surface area contributed by atoms with Crippen molar-refractivity contribution >= 4 is 17.5 Å². The number of carbonyl (C=O) groups excluding carboxylic acids is 2. The molecule has 2 saturated heterocycles. The van der Waals surface area contributed by atoms with Crippen LogP contribution in [-0.2, 0) is 9.59 Å². The smallest absolute Gasteiger partial charge is 0.270 e. The molecule has 3 aliphatic rings. The van der Waals surface area contributed by atoms with Gasteiger partial charge in [0.05, 0.1) is 0 Å². The standard InChI is InChI=1S/C13H20N4O2/c18-12-4-3-11(14-15-12)13(19)17-8-5-10(9-17)16-6-1-2-7-16/h10H,1-9H2,(H,15,18). The van der Waals surface area contributed by atoms with Crippen molar-refractivity contribution in [3.63, 3.8) is 0 Å². The molecule has 0 radical (unpaired) electrons. The van der Waals surface area contributed by atoms with Gasteiger partial charge >= 0.3 is 0 Å². The van der Waals surface area contributed by atoms with Crippen molar-refractivity contribution in [3.8, 4) is 0 Å². The molecule has 3 heterocycles. The van der Waals surface area contributed by atoms with E-state index in [0.717, 1.165) is 19.5 Å². The Bertz CT molecular complexity index is 415. The van der Waals surface area contributed by atoms with Gasteiger partial charge in [-0.3, -0.25) is 14.5 Å². The summed E-state index contributed by atoms with van der Waals surface area (Å²) in [5, 5.41) is 3.89. The third-order valence-corrected chi connectivity index (χ3v) is 4.26. The molecule has 0 aliphatic carbocycles. The molecule has 104 valence electrons. The predicted molar refractivity (Wildman–Crippen MR) is 70.6 cm³/mol. The van der Waals surface area contributed by atoms with E-state index in [4.69, 9.17) is 0 Å². The van der Waals surface area contributed by atoms with Crippen LogP contribution in [0.15, 0.2) is 5.10 Å². The normalized spacial score (nSPS) is 28.4. The number of nitrogens with one attached hydrogen (secondary N) is 1. The summed E-state index contributed by atoms with van der Waals surface area (Å²) < 4.78 is 0. The average molecular weight is 264 g/mol. The number of hydrogen-bond donors (Lipinski definition) is 1. The Morgan fingerprint density at radius 3 is 2.68 bits per heavy atom. The van der Waals surface area contributed by atoms with Gasteiger partial charge in [-0.15, -0.1) is 0 Å². The molecule has 0 aromatic heterocycles. The lowest BCUT2D eigenvalue weighted by Gasteiger charge is -2.24. The third-order valence-electron chi connectivity index (χ3n) is 4.26. The first kappa shape index (κ1) is 12.6. The van der Waals surface area contributed by atoms with Gasteiger partial charge in [0, 0.05) is 32.0 Å². The SMILES string of the molecule is O=C1CCC(C(=O)N2CCC(N3CCCC3)C2)=NN1. The minimum atomic E-state index is -0.104. The summed E-state index contributed by atoms with van der Waals surface area (Å²) in [4.78, 5) is 27.7. The van der Waals surface area contributed by atoms with E-state index in [-0.39, 0.29) is 11.8 Å². The third kappa shape index (κ3) is 2.63. The minimum absolute atomic E-state index is 0.00157. The predicted octanol–water partition coefficient (Wildman–Crippen LogP) is -0.0509. The van der Waals surface area contributed by atoms with Crippen molar-refractivity contribution in [2.24, 2.45) is 5.10 Å². The molecule has 6 nitrogen and oxygen atoms in total. The number of carbonyl (C=O) groups is 2. The molecule has 1 unspecified atom stereocenters. The van der Waals surface area contributed by atoms with E-state index in [1.807, 2.05) is 4.90 Å². The van der Waals surface area contributed by atoms with Gasteiger partial charge in [-0.1, -0.05) is 0 Å². The fraction of sp³-hybridized carbons (Fsp3) is 0.769. The van der Waals surface area contributed by atoms with Crippen LogP contribution in [0.5, 0.6) is 0 Å². The molecule has 1 N–H and O–H groups in total. The quantitative estimate of drug-likeness (QED) is 0.760. The monoisotopic (exact) mass is 264 g/mol. The maximum absolute atomic E-state index is 12.3. The Morgan fingerprint density at radius 2 is 2.00 bits per heavy atom. The van der Waals surface area contributed by atoms with Crippen LogP contribution >= 0.6 is 0 Å². The Balaban J connectivity index is 1.58. The first-order chi connectivity index (χ1) is 9.24. The lowest BCUT2D eigenvalue weighted by molar-refractivity contribution is -0.124. The molecule has 19 heavy (non-hydrogen) atoms. The van der Waals surface area contributed by atoms with E-state index in [9.17, 15) is 9.59 Å². The number of hydrogen-bond acceptors (Lipinski definition) is 4. The molecule has 2 amide bonds. The summed E-state index contributed by atoms with van der Waals surface area (Å²) in [7, 11) is 0. The van der Waals surface area contributed by atoms with Crippen molar-refractivity contribution in [2.45, 2.75) is 38.1 Å². The molecule has 6 heteroatoms. The van der Waals surface area contributed by atoms with E-state index in [2.05, 4.69) is 15.4 Å². The maximum Gasteiger partial charge on any atom is 0.270 e. The highest BCUT2D eigenvalue weighted by Gasteiger charge is 2.33. The summed E-state index contributed by atoms with van der Waals surface area (Å²) in [6.07, 6.45) is 4.46. The molecule has 1 atom stereocenters. The number of hydrazone groups is 1. The van der Waals surface area contributed by atoms with Gasteiger partial charge in [-0.25, -0.2) is 5.43 Å². The maximum atomic E-state index is 12.3. The Hall–Kier alpha value is -1.43. The van der Waals surface area contributed by atoms with Crippen LogP contribution in [0.4, 0.5) is 0 Å². The number of nitrogens with zero attached hydrogens (tertiary/aromatic N) is 3. The second-order valence-corrected chi connectivity index (χ2v) is 5.53. The highest BCUT2D eigenvalue weighted by Crippen LogP contribution is 2.21. The first-order valence-electron chi connectivity index (χ1n) is 7.13. The van der Waals surface area contributed by atoms with Crippen molar-refractivity contribution < 1.29 is 9.59 Å². The number of amides is 2. The van der Waals surface area contributed by atoms with Gasteiger partial charge in [-0.2, -0.15) is 5.10 Å². The van der Waals surface area contributed by atoms with Crippen molar-refractivity contribution in [1.82, 2.24) is 15.2 Å². The van der Waals surface area contributed by atoms with Crippen molar-refractivity contribution in [2.75, 3.05) is 26.2 Å². The van der Waals surface area contributed by atoms with Crippen molar-refractivity contribution in [3.05, 3.63) is 0 Å². The van der Waals surface area contributed by atoms with Crippen molar-refractivity contribution in [1.29, 1.82) is 0 Å². The summed E-state index contributed by atoms with van der Waals surface area (Å²) in [5.74, 6) is -0.102. The zero-order valence-electron chi connectivity index (χ0n) is 11.1. The Kier molecular flexibility index (Phi) is 3.50. The molecular formula is C13H20N4O2. The summed E-state index contributed by atoms with van der Waals surface area (Å²) in [5.41, 5.74) is 2.90. The van der Waals surface area contributed by atoms with E-state index < -0.39 is 0 Å². The van der Waals surface area contributed by atoms with Gasteiger partial charge in [0.2, 0.25) is 5.91 Å². The summed E-state index contributed by atoms with van der Waals surface area (Å²) >= 11 is 0. The van der Waals surface area contributed by atoms with Gasteiger partial charge in [0.25, 0.3) is 5.91 Å². The number of likely N-dealkylation sites (tertiary alicyclic amines) is 2. The van der Waals surface area contributed by atoms with Crippen LogP contribution in [-0.4, -0.2) is 59.5 Å². The zero-order chi connectivity index (χ0) is 13.2. The average Bonchev–Trinajstić information content (AvgIpc) is 3.10. The second-order valence-electron chi connectivity index (χ2n) is 5.53. The van der Waals surface area contributed by atoms with Gasteiger partial charge in [0.15, 0.2) is 0 Å². The fourth-order valence-corrected chi connectivity index (χ4v) is 3.14. The highest BCUT2D eigenvalue weighted by molar-refractivity contribution is 6.39. The molecule has 0 spiro atoms. The van der Waals surface area contributed by atoms with Crippen LogP contribution in [0.1, 0.15) is 32.1 Å². The first-order valence-corrected chi connectivity index (χ1v) is 7.13. The molecule has 2 fully saturated rings. The lowest BCUT2D eigenvalue weighted by atomic mass is 10.1. The van der Waals surface area contributed by atoms with E-state index in [1.54, 1.807) is 0 Å². The van der Waals surface area contributed by atoms with Crippen LogP contribution in [0.2, 0.25) is 0 Å². The molecule has 0 aromatic carbocycles. The molecule has 0 aromatic rings. The van der Waals surface area contributed by atoms with E-state index in [1.165, 1.54) is 25.9 Å². The lowest BCUT2D eigenvalue weighted by Crippen LogP contribution is -2.41.